The summed E-state index contributed by atoms with van der Waals surface area (Å²) in [6, 6.07) is 0.186. The summed E-state index contributed by atoms with van der Waals surface area (Å²) in [5, 5.41) is 0. The van der Waals surface area contributed by atoms with Crippen molar-refractivity contribution in [3.63, 3.8) is 0 Å². The molecular formula is C6H2ClF4NO2S. The Morgan fingerprint density at radius 2 is 1.87 bits per heavy atom. The van der Waals surface area contributed by atoms with Gasteiger partial charge in [-0.2, -0.15) is 4.39 Å². The van der Waals surface area contributed by atoms with Gasteiger partial charge >= 0.3 is 0 Å². The number of nitrogens with zero attached hydrogens (tertiary/aromatic N) is 1. The highest BCUT2D eigenvalue weighted by atomic mass is 35.7. The lowest BCUT2D eigenvalue weighted by Crippen LogP contribution is -2.04. The molecular weight excluding hydrogens is 262 g/mol. The summed E-state index contributed by atoms with van der Waals surface area (Å²) in [4.78, 5) is 1.18. The first kappa shape index (κ1) is 12.2. The molecule has 84 valence electrons. The molecule has 9 heteroatoms. The van der Waals surface area contributed by atoms with E-state index in [2.05, 4.69) is 4.98 Å². The monoisotopic (exact) mass is 263 g/mol. The molecule has 0 saturated heterocycles. The van der Waals surface area contributed by atoms with Gasteiger partial charge in [0.05, 0.1) is 0 Å². The fourth-order valence-electron chi connectivity index (χ4n) is 0.783. The Balaban J connectivity index is 3.52. The van der Waals surface area contributed by atoms with Crippen molar-refractivity contribution in [2.24, 2.45) is 0 Å². The van der Waals surface area contributed by atoms with Crippen molar-refractivity contribution in [2.45, 2.75) is 11.3 Å². The molecule has 0 amide bonds. The first-order chi connectivity index (χ1) is 6.73. The minimum atomic E-state index is -4.63. The van der Waals surface area contributed by atoms with E-state index < -0.39 is 37.8 Å². The number of hydrogen-bond acceptors (Lipinski definition) is 3. The Morgan fingerprint density at radius 3 is 2.27 bits per heavy atom. The van der Waals surface area contributed by atoms with Crippen LogP contribution in [0, 0.1) is 11.8 Å². The standard InChI is InChI=1S/C6H2ClF4NO2S/c7-15(13,14)3-1-2(5(9)10)12-6(11)4(3)8/h1,5H. The van der Waals surface area contributed by atoms with Gasteiger partial charge in [-0.1, -0.05) is 0 Å². The number of hydrogen-bond donors (Lipinski definition) is 0. The molecule has 1 rings (SSSR count). The summed E-state index contributed by atoms with van der Waals surface area (Å²) in [7, 11) is 0.0772. The highest BCUT2D eigenvalue weighted by Crippen LogP contribution is 2.25. The smallest absolute Gasteiger partial charge is 0.216 e. The van der Waals surface area contributed by atoms with Crippen LogP contribution in [0.25, 0.3) is 0 Å². The summed E-state index contributed by atoms with van der Waals surface area (Å²) in [5.74, 6) is -3.82. The molecule has 0 fully saturated rings. The summed E-state index contributed by atoms with van der Waals surface area (Å²) >= 11 is 0. The summed E-state index contributed by atoms with van der Waals surface area (Å²) < 4.78 is 70.8. The Labute approximate surface area is 86.1 Å². The molecule has 0 bridgehead atoms. The van der Waals surface area contributed by atoms with Crippen molar-refractivity contribution in [2.75, 3.05) is 0 Å². The molecule has 0 aromatic carbocycles. The van der Waals surface area contributed by atoms with Gasteiger partial charge in [-0.15, -0.1) is 0 Å². The molecule has 0 aliphatic rings. The van der Waals surface area contributed by atoms with Crippen molar-refractivity contribution in [3.05, 3.63) is 23.5 Å². The van der Waals surface area contributed by atoms with E-state index in [1.54, 1.807) is 0 Å². The van der Waals surface area contributed by atoms with Crippen LogP contribution in [0.15, 0.2) is 11.0 Å². The molecule has 0 saturated carbocycles. The molecule has 0 radical (unpaired) electrons. The van der Waals surface area contributed by atoms with Crippen molar-refractivity contribution < 1.29 is 26.0 Å². The zero-order valence-corrected chi connectivity index (χ0v) is 8.29. The maximum Gasteiger partial charge on any atom is 0.280 e. The Morgan fingerprint density at radius 1 is 1.33 bits per heavy atom. The lowest BCUT2D eigenvalue weighted by Gasteiger charge is -2.03. The van der Waals surface area contributed by atoms with Gasteiger partial charge in [-0.05, 0) is 6.07 Å². The molecule has 0 aliphatic heterocycles. The van der Waals surface area contributed by atoms with Crippen molar-refractivity contribution in [1.29, 1.82) is 0 Å². The van der Waals surface area contributed by atoms with Crippen molar-refractivity contribution >= 4 is 19.7 Å². The largest absolute Gasteiger partial charge is 0.280 e. The summed E-state index contributed by atoms with van der Waals surface area (Å²) in [6.45, 7) is 0. The van der Waals surface area contributed by atoms with E-state index in [9.17, 15) is 26.0 Å². The molecule has 0 atom stereocenters. The zero-order chi connectivity index (χ0) is 11.8. The fourth-order valence-corrected chi connectivity index (χ4v) is 1.68. The van der Waals surface area contributed by atoms with Gasteiger partial charge in [0, 0.05) is 10.7 Å². The van der Waals surface area contributed by atoms with E-state index >= 15 is 0 Å². The average Bonchev–Trinajstić information content (AvgIpc) is 2.06. The second-order valence-electron chi connectivity index (χ2n) is 2.39. The minimum Gasteiger partial charge on any atom is -0.216 e. The van der Waals surface area contributed by atoms with Gasteiger partial charge in [0.2, 0.25) is 0 Å². The third-order valence-electron chi connectivity index (χ3n) is 1.39. The Hall–Kier alpha value is -0.890. The van der Waals surface area contributed by atoms with Gasteiger partial charge in [0.1, 0.15) is 10.6 Å². The van der Waals surface area contributed by atoms with Gasteiger partial charge in [0.25, 0.3) is 21.4 Å². The minimum absolute atomic E-state index is 0.186. The van der Waals surface area contributed by atoms with E-state index in [4.69, 9.17) is 10.7 Å². The average molecular weight is 264 g/mol. The second-order valence-corrected chi connectivity index (χ2v) is 4.92. The Kier molecular flexibility index (Phi) is 3.19. The summed E-state index contributed by atoms with van der Waals surface area (Å²) in [5.41, 5.74) is -1.20. The molecule has 0 aliphatic carbocycles. The summed E-state index contributed by atoms with van der Waals surface area (Å²) in [6.07, 6.45) is -3.22. The van der Waals surface area contributed by atoms with Crippen molar-refractivity contribution in [3.8, 4) is 0 Å². The molecule has 1 aromatic rings. The molecule has 3 nitrogen and oxygen atoms in total. The topological polar surface area (TPSA) is 47.0 Å². The maximum absolute atomic E-state index is 12.8. The quantitative estimate of drug-likeness (QED) is 0.467. The molecule has 1 aromatic heterocycles. The molecule has 0 unspecified atom stereocenters. The highest BCUT2D eigenvalue weighted by molar-refractivity contribution is 8.13. The van der Waals surface area contributed by atoms with Gasteiger partial charge in [0.15, 0.2) is 5.82 Å². The van der Waals surface area contributed by atoms with Crippen LogP contribution in [0.1, 0.15) is 12.1 Å². The predicted molar refractivity (Wildman–Crippen MR) is 42.1 cm³/mol. The van der Waals surface area contributed by atoms with Crippen LogP contribution >= 0.6 is 10.7 Å². The lowest BCUT2D eigenvalue weighted by atomic mass is 10.3. The predicted octanol–water partition coefficient (Wildman–Crippen LogP) is 2.22. The number of rotatable bonds is 2. The molecule has 1 heterocycles. The van der Waals surface area contributed by atoms with E-state index in [1.807, 2.05) is 0 Å². The SMILES string of the molecule is O=S(=O)(Cl)c1cc(C(F)F)nc(F)c1F. The fraction of sp³-hybridized carbons (Fsp3) is 0.167. The number of halogens is 5. The van der Waals surface area contributed by atoms with E-state index in [0.29, 0.717) is 0 Å². The van der Waals surface area contributed by atoms with Crippen LogP contribution in [-0.2, 0) is 9.05 Å². The first-order valence-corrected chi connectivity index (χ1v) is 5.63. The lowest BCUT2D eigenvalue weighted by molar-refractivity contribution is 0.143. The molecule has 0 spiro atoms. The van der Waals surface area contributed by atoms with Crippen LogP contribution in [0.2, 0.25) is 0 Å². The zero-order valence-electron chi connectivity index (χ0n) is 6.72. The first-order valence-electron chi connectivity index (χ1n) is 3.32. The third kappa shape index (κ3) is 2.57. The molecule has 0 N–H and O–H groups in total. The van der Waals surface area contributed by atoms with Crippen LogP contribution in [0.5, 0.6) is 0 Å². The normalized spacial score (nSPS) is 12.1. The molecule has 15 heavy (non-hydrogen) atoms. The third-order valence-corrected chi connectivity index (χ3v) is 2.71. The van der Waals surface area contributed by atoms with E-state index in [1.165, 1.54) is 0 Å². The van der Waals surface area contributed by atoms with E-state index in [-0.39, 0.29) is 6.07 Å². The van der Waals surface area contributed by atoms with Crippen LogP contribution in [0.4, 0.5) is 17.6 Å². The van der Waals surface area contributed by atoms with E-state index in [0.717, 1.165) is 0 Å². The highest BCUT2D eigenvalue weighted by Gasteiger charge is 2.24. The number of alkyl halides is 2. The second kappa shape index (κ2) is 3.93. The van der Waals surface area contributed by atoms with Gasteiger partial charge in [-0.25, -0.2) is 26.6 Å². The Bertz CT molecular complexity index is 490. The van der Waals surface area contributed by atoms with Crippen LogP contribution in [-0.4, -0.2) is 13.4 Å². The van der Waals surface area contributed by atoms with Crippen LogP contribution in [0.3, 0.4) is 0 Å². The number of pyridine rings is 1. The number of aromatic nitrogens is 1. The maximum atomic E-state index is 12.8. The van der Waals surface area contributed by atoms with Crippen molar-refractivity contribution in [1.82, 2.24) is 4.98 Å². The van der Waals surface area contributed by atoms with Gasteiger partial charge < -0.3 is 0 Å². The van der Waals surface area contributed by atoms with Gasteiger partial charge in [-0.3, -0.25) is 0 Å². The van der Waals surface area contributed by atoms with Crippen LogP contribution < -0.4 is 0 Å².